The highest BCUT2D eigenvalue weighted by Crippen LogP contribution is 2.52. The van der Waals surface area contributed by atoms with Crippen molar-refractivity contribution in [1.29, 1.82) is 0 Å². The number of benzene rings is 6. The number of rotatable bonds is 2. The van der Waals surface area contributed by atoms with Crippen LogP contribution in [0.4, 0.5) is 17.1 Å². The van der Waals surface area contributed by atoms with Crippen molar-refractivity contribution in [2.45, 2.75) is 0 Å². The predicted octanol–water partition coefficient (Wildman–Crippen LogP) is 9.98. The van der Waals surface area contributed by atoms with Crippen LogP contribution in [0.5, 0.6) is 11.5 Å². The van der Waals surface area contributed by atoms with E-state index in [1.807, 2.05) is 36.4 Å². The third-order valence-electron chi connectivity index (χ3n) is 7.26. The molecule has 0 N–H and O–H groups in total. The van der Waals surface area contributed by atoms with Crippen LogP contribution in [-0.4, -0.2) is 0 Å². The van der Waals surface area contributed by atoms with E-state index in [0.717, 1.165) is 50.5 Å². The first-order valence-corrected chi connectivity index (χ1v) is 12.4. The Morgan fingerprint density at radius 3 is 1.84 bits per heavy atom. The van der Waals surface area contributed by atoms with E-state index >= 15 is 0 Å². The van der Waals surface area contributed by atoms with Crippen LogP contribution < -0.4 is 9.64 Å². The molecule has 0 radical (unpaired) electrons. The number of hydrogen-bond acceptors (Lipinski definition) is 3. The third kappa shape index (κ3) is 3.01. The van der Waals surface area contributed by atoms with E-state index in [9.17, 15) is 0 Å². The van der Waals surface area contributed by atoms with E-state index in [4.69, 9.17) is 9.15 Å². The van der Waals surface area contributed by atoms with E-state index in [1.165, 1.54) is 21.9 Å². The summed E-state index contributed by atoms with van der Waals surface area (Å²) in [6.07, 6.45) is 0. The van der Waals surface area contributed by atoms with Gasteiger partial charge in [0.1, 0.15) is 11.2 Å². The average Bonchev–Trinajstić information content (AvgIpc) is 3.33. The van der Waals surface area contributed by atoms with E-state index in [2.05, 4.69) is 95.9 Å². The second kappa shape index (κ2) is 7.74. The number of nitrogens with zero attached hydrogens (tertiary/aromatic N) is 1. The molecule has 0 atom stereocenters. The number of hydrogen-bond donors (Lipinski definition) is 0. The van der Waals surface area contributed by atoms with Crippen LogP contribution in [0.25, 0.3) is 43.8 Å². The summed E-state index contributed by atoms with van der Waals surface area (Å²) in [4.78, 5) is 2.31. The van der Waals surface area contributed by atoms with Crippen LogP contribution >= 0.6 is 0 Å². The van der Waals surface area contributed by atoms with Crippen LogP contribution in [0.15, 0.2) is 132 Å². The van der Waals surface area contributed by atoms with Gasteiger partial charge in [0, 0.05) is 16.2 Å². The van der Waals surface area contributed by atoms with Gasteiger partial charge in [-0.05, 0) is 65.0 Å². The molecule has 0 unspecified atom stereocenters. The minimum absolute atomic E-state index is 0.853. The summed E-state index contributed by atoms with van der Waals surface area (Å²) in [6.45, 7) is 0. The molecule has 1 aliphatic rings. The van der Waals surface area contributed by atoms with Crippen LogP contribution in [-0.2, 0) is 0 Å². The fourth-order valence-corrected chi connectivity index (χ4v) is 5.59. The van der Waals surface area contributed by atoms with E-state index in [1.54, 1.807) is 0 Å². The third-order valence-corrected chi connectivity index (χ3v) is 7.26. The molecule has 2 heterocycles. The van der Waals surface area contributed by atoms with Crippen molar-refractivity contribution in [3.05, 3.63) is 127 Å². The fourth-order valence-electron chi connectivity index (χ4n) is 5.59. The zero-order chi connectivity index (χ0) is 24.3. The summed E-state index contributed by atoms with van der Waals surface area (Å²) in [6, 6.07) is 44.3. The first-order valence-electron chi connectivity index (χ1n) is 12.4. The summed E-state index contributed by atoms with van der Waals surface area (Å²) >= 11 is 0. The van der Waals surface area contributed by atoms with E-state index in [-0.39, 0.29) is 0 Å². The maximum Gasteiger partial charge on any atom is 0.151 e. The summed E-state index contributed by atoms with van der Waals surface area (Å²) < 4.78 is 12.3. The van der Waals surface area contributed by atoms with Gasteiger partial charge in [0.15, 0.2) is 11.5 Å². The van der Waals surface area contributed by atoms with Crippen molar-refractivity contribution in [3.63, 3.8) is 0 Å². The molecule has 7 aromatic rings. The Labute approximate surface area is 213 Å². The minimum Gasteiger partial charge on any atom is -0.456 e. The molecule has 6 aromatic carbocycles. The molecule has 37 heavy (non-hydrogen) atoms. The molecule has 1 aliphatic heterocycles. The molecule has 174 valence electrons. The van der Waals surface area contributed by atoms with Crippen LogP contribution in [0.1, 0.15) is 0 Å². The number of ether oxygens (including phenoxy) is 1. The van der Waals surface area contributed by atoms with Gasteiger partial charge in [-0.2, -0.15) is 0 Å². The van der Waals surface area contributed by atoms with Gasteiger partial charge >= 0.3 is 0 Å². The lowest BCUT2D eigenvalue weighted by atomic mass is 9.95. The summed E-state index contributed by atoms with van der Waals surface area (Å²) in [5.74, 6) is 1.71. The molecule has 0 saturated carbocycles. The van der Waals surface area contributed by atoms with Crippen LogP contribution in [0.2, 0.25) is 0 Å². The molecule has 0 amide bonds. The Kier molecular flexibility index (Phi) is 4.23. The summed E-state index contributed by atoms with van der Waals surface area (Å²) in [5.41, 5.74) is 7.38. The topological polar surface area (TPSA) is 25.6 Å². The van der Waals surface area contributed by atoms with Crippen LogP contribution in [0.3, 0.4) is 0 Å². The van der Waals surface area contributed by atoms with Crippen molar-refractivity contribution in [1.82, 2.24) is 0 Å². The van der Waals surface area contributed by atoms with E-state index in [0.29, 0.717) is 0 Å². The Morgan fingerprint density at radius 1 is 0.432 bits per heavy atom. The van der Waals surface area contributed by atoms with Gasteiger partial charge in [0.2, 0.25) is 0 Å². The fraction of sp³-hybridized carbons (Fsp3) is 0. The van der Waals surface area contributed by atoms with Gasteiger partial charge in [0.25, 0.3) is 0 Å². The number of furan rings is 1. The Balaban J connectivity index is 1.37. The summed E-state index contributed by atoms with van der Waals surface area (Å²) in [5, 5.41) is 4.66. The van der Waals surface area contributed by atoms with Gasteiger partial charge in [-0.1, -0.05) is 78.9 Å². The van der Waals surface area contributed by atoms with Crippen molar-refractivity contribution in [2.75, 3.05) is 4.90 Å². The predicted molar refractivity (Wildman–Crippen MR) is 151 cm³/mol. The lowest BCUT2D eigenvalue weighted by Crippen LogP contribution is -2.16. The molecule has 0 bridgehead atoms. The van der Waals surface area contributed by atoms with Gasteiger partial charge in [0.05, 0.1) is 17.1 Å². The van der Waals surface area contributed by atoms with Crippen LogP contribution in [0, 0.1) is 0 Å². The zero-order valence-corrected chi connectivity index (χ0v) is 19.9. The first kappa shape index (κ1) is 20.2. The monoisotopic (exact) mass is 475 g/mol. The lowest BCUT2D eigenvalue weighted by Gasteiger charge is -2.33. The van der Waals surface area contributed by atoms with Crippen molar-refractivity contribution >= 4 is 49.8 Å². The summed E-state index contributed by atoms with van der Waals surface area (Å²) in [7, 11) is 0. The molecule has 0 fully saturated rings. The maximum atomic E-state index is 6.25. The van der Waals surface area contributed by atoms with Gasteiger partial charge < -0.3 is 14.1 Å². The Bertz CT molecular complexity index is 1940. The average molecular weight is 476 g/mol. The Morgan fingerprint density at radius 2 is 1.05 bits per heavy atom. The highest BCUT2D eigenvalue weighted by atomic mass is 16.5. The normalized spacial score (nSPS) is 12.5. The molecule has 8 rings (SSSR count). The smallest absolute Gasteiger partial charge is 0.151 e. The Hall–Kier alpha value is -5.02. The highest BCUT2D eigenvalue weighted by Gasteiger charge is 2.26. The molecule has 1 aromatic heterocycles. The van der Waals surface area contributed by atoms with E-state index < -0.39 is 0 Å². The number of anilines is 3. The maximum absolute atomic E-state index is 6.25. The largest absolute Gasteiger partial charge is 0.456 e. The lowest BCUT2D eigenvalue weighted by molar-refractivity contribution is 0.477. The first-order chi connectivity index (χ1) is 18.3. The molecule has 0 aliphatic carbocycles. The second-order valence-corrected chi connectivity index (χ2v) is 9.36. The molecule has 3 heteroatoms. The molecule has 0 spiro atoms. The van der Waals surface area contributed by atoms with Crippen molar-refractivity contribution in [3.8, 4) is 22.6 Å². The molecule has 0 saturated heterocycles. The number of para-hydroxylation sites is 5. The zero-order valence-electron chi connectivity index (χ0n) is 19.9. The van der Waals surface area contributed by atoms with Gasteiger partial charge in [-0.25, -0.2) is 0 Å². The number of fused-ring (bicyclic) bond motifs is 6. The molecular formula is C34H21NO2. The van der Waals surface area contributed by atoms with Crippen molar-refractivity contribution < 1.29 is 9.15 Å². The quantitative estimate of drug-likeness (QED) is 0.249. The molecular weight excluding hydrogens is 454 g/mol. The second-order valence-electron chi connectivity index (χ2n) is 9.36. The van der Waals surface area contributed by atoms with Gasteiger partial charge in [-0.15, -0.1) is 0 Å². The highest BCUT2D eigenvalue weighted by molar-refractivity contribution is 6.10. The standard InChI is InChI=1S/C34H21NO2/c1-2-10-25-24(9-1)23(22-17-20-32-27(21-22)26-11-3-6-14-31(26)36-32)18-19-28(25)35-29-12-4-7-15-33(29)37-34-16-8-5-13-30(34)35/h1-21H. The molecule has 3 nitrogen and oxygen atoms in total. The SMILES string of the molecule is c1ccc2c(c1)Oc1ccccc1N2c1ccc(-c2ccc3oc4ccccc4c3c2)c2ccccc12. The minimum atomic E-state index is 0.853. The van der Waals surface area contributed by atoms with Gasteiger partial charge in [-0.3, -0.25) is 0 Å². The van der Waals surface area contributed by atoms with Crippen molar-refractivity contribution in [2.24, 2.45) is 0 Å².